The largest absolute Gasteiger partial charge is 0.385 e. The maximum absolute atomic E-state index is 6.15. The molecule has 0 heterocycles. The SMILES string of the molecule is COCCCCCC1CCC(c2ccc(-c3ccc(Cl)c(Cl)c3)cc2)CC1. The summed E-state index contributed by atoms with van der Waals surface area (Å²) in [6.45, 7) is 0.908. The Morgan fingerprint density at radius 3 is 2.19 bits per heavy atom. The van der Waals surface area contributed by atoms with Gasteiger partial charge in [0.2, 0.25) is 0 Å². The van der Waals surface area contributed by atoms with Crippen LogP contribution in [0.5, 0.6) is 0 Å². The van der Waals surface area contributed by atoms with E-state index >= 15 is 0 Å². The van der Waals surface area contributed by atoms with Crippen molar-refractivity contribution >= 4 is 23.2 Å². The summed E-state index contributed by atoms with van der Waals surface area (Å²) in [4.78, 5) is 0. The van der Waals surface area contributed by atoms with Crippen molar-refractivity contribution in [3.63, 3.8) is 0 Å². The lowest BCUT2D eigenvalue weighted by atomic mass is 9.77. The van der Waals surface area contributed by atoms with Crippen LogP contribution in [0.2, 0.25) is 10.0 Å². The summed E-state index contributed by atoms with van der Waals surface area (Å²) in [5.41, 5.74) is 3.80. The molecule has 1 aliphatic rings. The quantitative estimate of drug-likeness (QED) is 0.403. The minimum atomic E-state index is 0.604. The van der Waals surface area contributed by atoms with Gasteiger partial charge in [0.15, 0.2) is 0 Å². The van der Waals surface area contributed by atoms with Crippen LogP contribution in [0.25, 0.3) is 11.1 Å². The van der Waals surface area contributed by atoms with Gasteiger partial charge in [-0.3, -0.25) is 0 Å². The number of ether oxygens (including phenoxy) is 1. The molecule has 2 aromatic rings. The Balaban J connectivity index is 1.49. The third-order valence-electron chi connectivity index (χ3n) is 5.94. The second kappa shape index (κ2) is 10.5. The number of hydrogen-bond donors (Lipinski definition) is 0. The lowest BCUT2D eigenvalue weighted by molar-refractivity contribution is 0.190. The van der Waals surface area contributed by atoms with Gasteiger partial charge in [-0.05, 0) is 72.8 Å². The van der Waals surface area contributed by atoms with Crippen LogP contribution in [0, 0.1) is 5.92 Å². The molecule has 2 aromatic carbocycles. The van der Waals surface area contributed by atoms with E-state index in [-0.39, 0.29) is 0 Å². The highest BCUT2D eigenvalue weighted by Crippen LogP contribution is 2.38. The number of benzene rings is 2. The summed E-state index contributed by atoms with van der Waals surface area (Å²) in [5.74, 6) is 1.65. The third-order valence-corrected chi connectivity index (χ3v) is 6.68. The number of rotatable bonds is 8. The predicted octanol–water partition coefficient (Wildman–Crippen LogP) is 8.14. The summed E-state index contributed by atoms with van der Waals surface area (Å²) >= 11 is 12.2. The van der Waals surface area contributed by atoms with Crippen LogP contribution in [0.15, 0.2) is 42.5 Å². The minimum absolute atomic E-state index is 0.604. The van der Waals surface area contributed by atoms with Crippen LogP contribution < -0.4 is 0 Å². The molecule has 0 saturated heterocycles. The van der Waals surface area contributed by atoms with Crippen LogP contribution in [0.1, 0.15) is 62.8 Å². The van der Waals surface area contributed by atoms with E-state index in [0.29, 0.717) is 10.0 Å². The van der Waals surface area contributed by atoms with E-state index in [2.05, 4.69) is 24.3 Å². The molecule has 1 fully saturated rings. The van der Waals surface area contributed by atoms with E-state index in [1.165, 1.54) is 62.5 Å². The smallest absolute Gasteiger partial charge is 0.0598 e. The lowest BCUT2D eigenvalue weighted by Crippen LogP contribution is -2.13. The molecule has 1 saturated carbocycles. The third kappa shape index (κ3) is 5.98. The van der Waals surface area contributed by atoms with Gasteiger partial charge in [0.1, 0.15) is 0 Å². The van der Waals surface area contributed by atoms with E-state index in [1.807, 2.05) is 18.2 Å². The van der Waals surface area contributed by atoms with Crippen molar-refractivity contribution in [3.05, 3.63) is 58.1 Å². The molecule has 3 heteroatoms. The van der Waals surface area contributed by atoms with Crippen molar-refractivity contribution < 1.29 is 4.74 Å². The van der Waals surface area contributed by atoms with Crippen LogP contribution in [0.4, 0.5) is 0 Å². The van der Waals surface area contributed by atoms with Gasteiger partial charge in [0.25, 0.3) is 0 Å². The standard InChI is InChI=1S/C24H30Cl2O/c1-27-16-4-2-3-5-18-6-8-19(9-7-18)20-10-12-21(13-11-20)22-14-15-23(25)24(26)17-22/h10-15,17-19H,2-9,16H2,1H3. The van der Waals surface area contributed by atoms with Crippen molar-refractivity contribution in [2.24, 2.45) is 5.92 Å². The fourth-order valence-electron chi connectivity index (χ4n) is 4.26. The van der Waals surface area contributed by atoms with Crippen molar-refractivity contribution in [1.82, 2.24) is 0 Å². The molecule has 0 bridgehead atoms. The molecule has 146 valence electrons. The molecule has 0 aromatic heterocycles. The molecule has 0 aliphatic heterocycles. The maximum atomic E-state index is 6.15. The molecule has 0 atom stereocenters. The monoisotopic (exact) mass is 404 g/mol. The predicted molar refractivity (Wildman–Crippen MR) is 117 cm³/mol. The zero-order chi connectivity index (χ0) is 19.1. The highest BCUT2D eigenvalue weighted by molar-refractivity contribution is 6.42. The summed E-state index contributed by atoms with van der Waals surface area (Å²) in [6, 6.07) is 14.9. The van der Waals surface area contributed by atoms with Crippen molar-refractivity contribution in [2.45, 2.75) is 57.3 Å². The average molecular weight is 405 g/mol. The summed E-state index contributed by atoms with van der Waals surface area (Å²) in [6.07, 6.45) is 10.7. The second-order valence-corrected chi connectivity index (χ2v) is 8.63. The average Bonchev–Trinajstić information content (AvgIpc) is 2.71. The van der Waals surface area contributed by atoms with Gasteiger partial charge >= 0.3 is 0 Å². The van der Waals surface area contributed by atoms with Crippen molar-refractivity contribution in [2.75, 3.05) is 13.7 Å². The molecule has 1 aliphatic carbocycles. The first-order chi connectivity index (χ1) is 13.2. The summed E-state index contributed by atoms with van der Waals surface area (Å²) < 4.78 is 5.13. The molecule has 0 N–H and O–H groups in total. The van der Waals surface area contributed by atoms with E-state index in [1.54, 1.807) is 7.11 Å². The normalized spacial score (nSPS) is 20.0. The van der Waals surface area contributed by atoms with Gasteiger partial charge < -0.3 is 4.74 Å². The molecule has 0 spiro atoms. The fourth-order valence-corrected chi connectivity index (χ4v) is 4.56. The molecular formula is C24H30Cl2O. The van der Waals surface area contributed by atoms with Gasteiger partial charge in [-0.2, -0.15) is 0 Å². The van der Waals surface area contributed by atoms with Gasteiger partial charge in [0, 0.05) is 13.7 Å². The molecule has 1 nitrogen and oxygen atoms in total. The van der Waals surface area contributed by atoms with Crippen molar-refractivity contribution in [1.29, 1.82) is 0 Å². The zero-order valence-corrected chi connectivity index (χ0v) is 17.7. The van der Waals surface area contributed by atoms with E-state index in [4.69, 9.17) is 27.9 Å². The Labute approximate surface area is 174 Å². The Bertz CT molecular complexity index is 703. The first-order valence-corrected chi connectivity index (χ1v) is 11.0. The van der Waals surface area contributed by atoms with Gasteiger partial charge in [-0.15, -0.1) is 0 Å². The van der Waals surface area contributed by atoms with Gasteiger partial charge in [0.05, 0.1) is 10.0 Å². The molecule has 3 rings (SSSR count). The fraction of sp³-hybridized carbons (Fsp3) is 0.500. The maximum Gasteiger partial charge on any atom is 0.0598 e. The Hall–Kier alpha value is -1.02. The molecular weight excluding hydrogens is 375 g/mol. The number of hydrogen-bond acceptors (Lipinski definition) is 1. The topological polar surface area (TPSA) is 9.23 Å². The first-order valence-electron chi connectivity index (χ1n) is 10.2. The van der Waals surface area contributed by atoms with Crippen LogP contribution in [-0.2, 0) is 4.74 Å². The summed E-state index contributed by atoms with van der Waals surface area (Å²) in [7, 11) is 1.79. The Kier molecular flexibility index (Phi) is 8.06. The lowest BCUT2D eigenvalue weighted by Gasteiger charge is -2.29. The van der Waals surface area contributed by atoms with Crippen LogP contribution in [-0.4, -0.2) is 13.7 Å². The second-order valence-electron chi connectivity index (χ2n) is 7.81. The van der Waals surface area contributed by atoms with E-state index in [0.717, 1.165) is 24.0 Å². The molecule has 0 radical (unpaired) electrons. The highest BCUT2D eigenvalue weighted by Gasteiger charge is 2.22. The number of methoxy groups -OCH3 is 1. The highest BCUT2D eigenvalue weighted by atomic mass is 35.5. The van der Waals surface area contributed by atoms with Gasteiger partial charge in [-0.25, -0.2) is 0 Å². The zero-order valence-electron chi connectivity index (χ0n) is 16.2. The summed E-state index contributed by atoms with van der Waals surface area (Å²) in [5, 5.41) is 1.21. The van der Waals surface area contributed by atoms with Gasteiger partial charge in [-0.1, -0.05) is 72.8 Å². The Morgan fingerprint density at radius 1 is 0.815 bits per heavy atom. The number of halogens is 2. The van der Waals surface area contributed by atoms with Crippen LogP contribution in [0.3, 0.4) is 0 Å². The number of unbranched alkanes of at least 4 members (excludes halogenated alkanes) is 2. The molecule has 0 unspecified atom stereocenters. The molecule has 0 amide bonds. The first kappa shape index (κ1) is 20.7. The van der Waals surface area contributed by atoms with E-state index in [9.17, 15) is 0 Å². The minimum Gasteiger partial charge on any atom is -0.385 e. The Morgan fingerprint density at radius 2 is 1.52 bits per heavy atom. The van der Waals surface area contributed by atoms with E-state index < -0.39 is 0 Å². The van der Waals surface area contributed by atoms with Crippen molar-refractivity contribution in [3.8, 4) is 11.1 Å². The van der Waals surface area contributed by atoms with Crippen LogP contribution >= 0.6 is 23.2 Å². The molecule has 27 heavy (non-hydrogen) atoms.